The summed E-state index contributed by atoms with van der Waals surface area (Å²) in [5.41, 5.74) is 0.969. The predicted octanol–water partition coefficient (Wildman–Crippen LogP) is 2.98. The first kappa shape index (κ1) is 16.4. The van der Waals surface area contributed by atoms with E-state index in [1.165, 1.54) is 12.1 Å². The minimum atomic E-state index is -0.612. The molecule has 1 N–H and O–H groups in total. The summed E-state index contributed by atoms with van der Waals surface area (Å²) >= 11 is 0. The number of rotatable bonds is 5. The topological polar surface area (TPSA) is 51.1 Å². The molecule has 1 aromatic carbocycles. The summed E-state index contributed by atoms with van der Waals surface area (Å²) in [6.07, 6.45) is 5.58. The summed E-state index contributed by atoms with van der Waals surface area (Å²) in [4.78, 5) is 24.5. The molecule has 5 heteroatoms. The molecule has 1 saturated carbocycles. The molecule has 24 heavy (non-hydrogen) atoms. The molecule has 0 spiro atoms. The van der Waals surface area contributed by atoms with Gasteiger partial charge in [0.1, 0.15) is 5.82 Å². The summed E-state index contributed by atoms with van der Waals surface area (Å²) in [6, 6.07) is 9.91. The number of hydrogen-bond acceptors (Lipinski definition) is 2. The summed E-state index contributed by atoms with van der Waals surface area (Å²) in [5, 5.41) is 2.77. The molecular weight excluding hydrogens is 307 g/mol. The number of Topliss-reactive ketones (excluding diaryl/α,β-unsaturated/α-hetero) is 1. The normalized spacial score (nSPS) is 16.1. The summed E-state index contributed by atoms with van der Waals surface area (Å²) < 4.78 is 15.2. The molecule has 0 bridgehead atoms. The minimum Gasteiger partial charge on any atom is -0.348 e. The second kappa shape index (κ2) is 6.59. The number of carbonyl (C=O) groups excluding carboxylic acids is 2. The van der Waals surface area contributed by atoms with Crippen molar-refractivity contribution in [2.24, 2.45) is 7.05 Å². The van der Waals surface area contributed by atoms with E-state index in [9.17, 15) is 14.0 Å². The molecule has 0 atom stereocenters. The summed E-state index contributed by atoms with van der Waals surface area (Å²) in [5.74, 6) is -1.43. The highest BCUT2D eigenvalue weighted by atomic mass is 19.1. The molecule has 1 aliphatic carbocycles. The molecule has 0 saturated heterocycles. The number of aryl methyl sites for hydroxylation is 1. The van der Waals surface area contributed by atoms with Crippen LogP contribution in [0.2, 0.25) is 0 Å². The Balaban J connectivity index is 1.74. The minimum absolute atomic E-state index is 0.273. The highest BCUT2D eigenvalue weighted by Crippen LogP contribution is 2.40. The lowest BCUT2D eigenvalue weighted by Crippen LogP contribution is -2.42. The molecule has 2 aromatic rings. The first-order valence-electron chi connectivity index (χ1n) is 8.22. The number of benzene rings is 1. The van der Waals surface area contributed by atoms with Crippen LogP contribution in [-0.2, 0) is 17.3 Å². The van der Waals surface area contributed by atoms with Gasteiger partial charge in [0.2, 0.25) is 0 Å². The Morgan fingerprint density at radius 3 is 2.58 bits per heavy atom. The standard InChI is InChI=1S/C19H21FN2O2/c1-22-11-5-8-16(22)17(23)18(24)21-13-19(9-2-3-10-19)14-6-4-7-15(20)12-14/h4-8,11-12H,2-3,9-10,13H2,1H3,(H,21,24). The van der Waals surface area contributed by atoms with Crippen LogP contribution in [0, 0.1) is 5.82 Å². The van der Waals surface area contributed by atoms with Gasteiger partial charge in [0.25, 0.3) is 11.7 Å². The maximum atomic E-state index is 13.6. The van der Waals surface area contributed by atoms with Gasteiger partial charge in [-0.2, -0.15) is 0 Å². The molecule has 1 aromatic heterocycles. The van der Waals surface area contributed by atoms with Gasteiger partial charge in [-0.3, -0.25) is 9.59 Å². The number of amides is 1. The smallest absolute Gasteiger partial charge is 0.294 e. The van der Waals surface area contributed by atoms with Crippen LogP contribution in [0.4, 0.5) is 4.39 Å². The van der Waals surface area contributed by atoms with Crippen molar-refractivity contribution >= 4 is 11.7 Å². The monoisotopic (exact) mass is 328 g/mol. The molecule has 4 nitrogen and oxygen atoms in total. The van der Waals surface area contributed by atoms with Crippen LogP contribution in [0.5, 0.6) is 0 Å². The Bertz CT molecular complexity index is 760. The first-order valence-corrected chi connectivity index (χ1v) is 8.22. The number of nitrogens with zero attached hydrogens (tertiary/aromatic N) is 1. The predicted molar refractivity (Wildman–Crippen MR) is 89.3 cm³/mol. The fourth-order valence-electron chi connectivity index (χ4n) is 3.58. The van der Waals surface area contributed by atoms with Crippen LogP contribution in [0.15, 0.2) is 42.6 Å². The SMILES string of the molecule is Cn1cccc1C(=O)C(=O)NCC1(c2cccc(F)c2)CCCC1. The van der Waals surface area contributed by atoms with Crippen LogP contribution < -0.4 is 5.32 Å². The summed E-state index contributed by atoms with van der Waals surface area (Å²) in [7, 11) is 1.73. The van der Waals surface area contributed by atoms with E-state index in [2.05, 4.69) is 5.32 Å². The van der Waals surface area contributed by atoms with Crippen molar-refractivity contribution in [2.75, 3.05) is 6.54 Å². The molecule has 3 rings (SSSR count). The third-order valence-electron chi connectivity index (χ3n) is 4.97. The van der Waals surface area contributed by atoms with Gasteiger partial charge in [-0.05, 0) is 42.7 Å². The van der Waals surface area contributed by atoms with Gasteiger partial charge in [-0.25, -0.2) is 4.39 Å². The van der Waals surface area contributed by atoms with Gasteiger partial charge in [0, 0.05) is 25.2 Å². The Morgan fingerprint density at radius 1 is 1.21 bits per heavy atom. The third kappa shape index (κ3) is 3.11. The van der Waals surface area contributed by atoms with Crippen LogP contribution in [0.25, 0.3) is 0 Å². The number of nitrogens with one attached hydrogen (secondary N) is 1. The molecule has 1 fully saturated rings. The molecule has 126 valence electrons. The number of halogens is 1. The lowest BCUT2D eigenvalue weighted by Gasteiger charge is -2.30. The van der Waals surface area contributed by atoms with Crippen molar-refractivity contribution in [2.45, 2.75) is 31.1 Å². The van der Waals surface area contributed by atoms with Gasteiger partial charge in [-0.1, -0.05) is 25.0 Å². The molecule has 0 unspecified atom stereocenters. The average molecular weight is 328 g/mol. The van der Waals surface area contributed by atoms with Crippen molar-refractivity contribution in [3.8, 4) is 0 Å². The highest BCUT2D eigenvalue weighted by Gasteiger charge is 2.36. The van der Waals surface area contributed by atoms with E-state index in [-0.39, 0.29) is 11.2 Å². The Kier molecular flexibility index (Phi) is 4.51. The van der Waals surface area contributed by atoms with E-state index in [0.29, 0.717) is 12.2 Å². The maximum Gasteiger partial charge on any atom is 0.294 e. The number of hydrogen-bond donors (Lipinski definition) is 1. The van der Waals surface area contributed by atoms with Crippen molar-refractivity contribution in [1.29, 1.82) is 0 Å². The molecule has 0 aliphatic heterocycles. The zero-order valence-electron chi connectivity index (χ0n) is 13.7. The lowest BCUT2D eigenvalue weighted by atomic mass is 9.78. The van der Waals surface area contributed by atoms with Crippen LogP contribution in [0.1, 0.15) is 41.7 Å². The first-order chi connectivity index (χ1) is 11.5. The largest absolute Gasteiger partial charge is 0.348 e. The van der Waals surface area contributed by atoms with E-state index in [4.69, 9.17) is 0 Å². The zero-order valence-corrected chi connectivity index (χ0v) is 13.7. The molecule has 0 radical (unpaired) electrons. The number of aromatic nitrogens is 1. The van der Waals surface area contributed by atoms with Crippen LogP contribution in [-0.4, -0.2) is 22.8 Å². The Labute approximate surface area is 140 Å². The van der Waals surface area contributed by atoms with Crippen LogP contribution >= 0.6 is 0 Å². The van der Waals surface area contributed by atoms with Gasteiger partial charge in [0.15, 0.2) is 0 Å². The van der Waals surface area contributed by atoms with E-state index in [1.807, 2.05) is 6.07 Å². The zero-order chi connectivity index (χ0) is 17.2. The molecule has 1 amide bonds. The van der Waals surface area contributed by atoms with Gasteiger partial charge >= 0.3 is 0 Å². The second-order valence-electron chi connectivity index (χ2n) is 6.51. The molecular formula is C19H21FN2O2. The van der Waals surface area contributed by atoms with Crippen molar-refractivity contribution < 1.29 is 14.0 Å². The van der Waals surface area contributed by atoms with Crippen LogP contribution in [0.3, 0.4) is 0 Å². The van der Waals surface area contributed by atoms with E-state index in [1.54, 1.807) is 36.0 Å². The molecule has 1 aliphatic rings. The maximum absolute atomic E-state index is 13.6. The second-order valence-corrected chi connectivity index (χ2v) is 6.51. The fourth-order valence-corrected chi connectivity index (χ4v) is 3.58. The molecule has 1 heterocycles. The van der Waals surface area contributed by atoms with E-state index < -0.39 is 11.7 Å². The lowest BCUT2D eigenvalue weighted by molar-refractivity contribution is -0.117. The van der Waals surface area contributed by atoms with Crippen molar-refractivity contribution in [3.63, 3.8) is 0 Å². The highest BCUT2D eigenvalue weighted by molar-refractivity contribution is 6.42. The van der Waals surface area contributed by atoms with E-state index >= 15 is 0 Å². The quantitative estimate of drug-likeness (QED) is 0.678. The third-order valence-corrected chi connectivity index (χ3v) is 4.97. The summed E-state index contributed by atoms with van der Waals surface area (Å²) in [6.45, 7) is 0.353. The number of carbonyl (C=O) groups is 2. The fraction of sp³-hybridized carbons (Fsp3) is 0.368. The van der Waals surface area contributed by atoms with Gasteiger partial charge < -0.3 is 9.88 Å². The van der Waals surface area contributed by atoms with E-state index in [0.717, 1.165) is 31.2 Å². The Morgan fingerprint density at radius 2 is 1.96 bits per heavy atom. The van der Waals surface area contributed by atoms with Crippen molar-refractivity contribution in [1.82, 2.24) is 9.88 Å². The number of ketones is 1. The average Bonchev–Trinajstić information content (AvgIpc) is 3.22. The Hall–Kier alpha value is -2.43. The van der Waals surface area contributed by atoms with Crippen molar-refractivity contribution in [3.05, 3.63) is 59.7 Å². The van der Waals surface area contributed by atoms with Gasteiger partial charge in [-0.15, -0.1) is 0 Å². The van der Waals surface area contributed by atoms with Gasteiger partial charge in [0.05, 0.1) is 5.69 Å².